The summed E-state index contributed by atoms with van der Waals surface area (Å²) in [5, 5.41) is 7.38. The fraction of sp³-hybridized carbons (Fsp3) is 0.231. The topological polar surface area (TPSA) is 18.5 Å². The zero-order valence-electron chi connectivity index (χ0n) is 16.3. The number of hydrogen-bond acceptors (Lipinski definition) is 2. The molecule has 5 rings (SSSR count). The number of rotatable bonds is 6. The Kier molecular flexibility index (Phi) is 5.64. The van der Waals surface area contributed by atoms with E-state index in [1.807, 2.05) is 0 Å². The van der Waals surface area contributed by atoms with Gasteiger partial charge in [0, 0.05) is 0 Å². The SMILES string of the molecule is c1ccc2cc(CO[C@@H]3C[Se]C[C@H]3OCc3ccc4ccccc4c3)ccc2c1. The Morgan fingerprint density at radius 1 is 0.586 bits per heavy atom. The van der Waals surface area contributed by atoms with E-state index in [9.17, 15) is 0 Å². The van der Waals surface area contributed by atoms with Crippen molar-refractivity contribution < 1.29 is 9.47 Å². The van der Waals surface area contributed by atoms with Crippen LogP contribution in [-0.2, 0) is 22.7 Å². The molecule has 1 saturated heterocycles. The maximum absolute atomic E-state index is 6.30. The standard InChI is InChI=1S/C26H24O2Se/c1-3-7-23-13-19(9-11-21(23)5-1)15-27-25-17-29-18-26(25)28-16-20-10-12-22-6-2-4-8-24(22)14-20/h1-14,25-26H,15-18H2/t25-,26-/m1/s1. The second kappa shape index (κ2) is 8.69. The van der Waals surface area contributed by atoms with Crippen LogP contribution < -0.4 is 0 Å². The van der Waals surface area contributed by atoms with Gasteiger partial charge in [0.15, 0.2) is 0 Å². The van der Waals surface area contributed by atoms with Crippen LogP contribution >= 0.6 is 0 Å². The molecule has 1 heterocycles. The summed E-state index contributed by atoms with van der Waals surface area (Å²) in [7, 11) is 0. The van der Waals surface area contributed by atoms with E-state index >= 15 is 0 Å². The van der Waals surface area contributed by atoms with Crippen molar-refractivity contribution in [2.24, 2.45) is 0 Å². The fourth-order valence-corrected chi connectivity index (χ4v) is 6.45. The molecule has 29 heavy (non-hydrogen) atoms. The summed E-state index contributed by atoms with van der Waals surface area (Å²) in [6.07, 6.45) is 0.420. The van der Waals surface area contributed by atoms with Gasteiger partial charge in [-0.05, 0) is 0 Å². The van der Waals surface area contributed by atoms with Crippen LogP contribution in [0.15, 0.2) is 84.9 Å². The first-order chi connectivity index (χ1) is 14.3. The van der Waals surface area contributed by atoms with Crippen molar-refractivity contribution in [3.63, 3.8) is 0 Å². The van der Waals surface area contributed by atoms with Crippen molar-refractivity contribution in [1.29, 1.82) is 0 Å². The minimum absolute atomic E-state index is 0.210. The van der Waals surface area contributed by atoms with E-state index in [1.54, 1.807) is 0 Å². The molecule has 0 aromatic heterocycles. The normalized spacial score (nSPS) is 19.2. The van der Waals surface area contributed by atoms with E-state index in [4.69, 9.17) is 9.47 Å². The Morgan fingerprint density at radius 2 is 1.03 bits per heavy atom. The van der Waals surface area contributed by atoms with Gasteiger partial charge in [-0.15, -0.1) is 0 Å². The summed E-state index contributed by atoms with van der Waals surface area (Å²) >= 11 is 0.613. The summed E-state index contributed by atoms with van der Waals surface area (Å²) in [6, 6.07) is 30.1. The van der Waals surface area contributed by atoms with E-state index in [0.717, 1.165) is 10.6 Å². The third-order valence-electron chi connectivity index (χ3n) is 5.53. The molecule has 4 aromatic carbocycles. The molecular weight excluding hydrogens is 423 g/mol. The van der Waals surface area contributed by atoms with Gasteiger partial charge in [-0.25, -0.2) is 0 Å². The predicted molar refractivity (Wildman–Crippen MR) is 120 cm³/mol. The molecule has 1 aliphatic rings. The first kappa shape index (κ1) is 18.8. The van der Waals surface area contributed by atoms with Crippen molar-refractivity contribution in [2.75, 3.05) is 0 Å². The first-order valence-electron chi connectivity index (χ1n) is 10.1. The number of hydrogen-bond donors (Lipinski definition) is 0. The molecule has 2 nitrogen and oxygen atoms in total. The molecule has 0 N–H and O–H groups in total. The quantitative estimate of drug-likeness (QED) is 0.337. The van der Waals surface area contributed by atoms with E-state index in [1.165, 1.54) is 32.7 Å². The van der Waals surface area contributed by atoms with Gasteiger partial charge >= 0.3 is 178 Å². The number of fused-ring (bicyclic) bond motifs is 2. The van der Waals surface area contributed by atoms with Crippen LogP contribution in [0.3, 0.4) is 0 Å². The Morgan fingerprint density at radius 3 is 1.52 bits per heavy atom. The maximum atomic E-state index is 6.30. The van der Waals surface area contributed by atoms with Crippen LogP contribution in [-0.4, -0.2) is 27.2 Å². The molecule has 146 valence electrons. The summed E-state index contributed by atoms with van der Waals surface area (Å²) in [5.74, 6) is 0. The van der Waals surface area contributed by atoms with Crippen molar-refractivity contribution in [3.05, 3.63) is 96.1 Å². The third-order valence-corrected chi connectivity index (χ3v) is 7.90. The van der Waals surface area contributed by atoms with Crippen LogP contribution in [0.5, 0.6) is 0 Å². The Labute approximate surface area is 178 Å². The summed E-state index contributed by atoms with van der Waals surface area (Å²) in [5.41, 5.74) is 2.47. The molecule has 0 saturated carbocycles. The first-order valence-corrected chi connectivity index (χ1v) is 12.5. The second-order valence-corrected chi connectivity index (χ2v) is 9.85. The molecule has 1 aliphatic heterocycles. The molecule has 2 atom stereocenters. The molecule has 0 aliphatic carbocycles. The predicted octanol–water partition coefficient (Wildman–Crippen LogP) is 6.02. The van der Waals surface area contributed by atoms with E-state index in [-0.39, 0.29) is 12.2 Å². The molecule has 0 radical (unpaired) electrons. The van der Waals surface area contributed by atoms with Gasteiger partial charge in [-0.2, -0.15) is 0 Å². The van der Waals surface area contributed by atoms with Crippen LogP contribution in [0, 0.1) is 0 Å². The minimum atomic E-state index is 0.210. The third kappa shape index (κ3) is 4.39. The van der Waals surface area contributed by atoms with E-state index in [0.29, 0.717) is 28.2 Å². The zero-order chi connectivity index (χ0) is 19.5. The van der Waals surface area contributed by atoms with Gasteiger partial charge in [0.1, 0.15) is 0 Å². The monoisotopic (exact) mass is 448 g/mol. The molecule has 3 heteroatoms. The van der Waals surface area contributed by atoms with Gasteiger partial charge in [-0.3, -0.25) is 0 Å². The Bertz CT molecular complexity index is 1030. The van der Waals surface area contributed by atoms with Gasteiger partial charge < -0.3 is 0 Å². The molecular formula is C26H24O2Se. The Balaban J connectivity index is 1.20. The molecule has 0 bridgehead atoms. The van der Waals surface area contributed by atoms with Crippen molar-refractivity contribution in [2.45, 2.75) is 36.1 Å². The summed E-state index contributed by atoms with van der Waals surface area (Å²) < 4.78 is 12.6. The van der Waals surface area contributed by atoms with Gasteiger partial charge in [0.05, 0.1) is 0 Å². The fourth-order valence-electron chi connectivity index (χ4n) is 3.89. The van der Waals surface area contributed by atoms with Gasteiger partial charge in [-0.1, -0.05) is 0 Å². The average molecular weight is 447 g/mol. The number of ether oxygens (including phenoxy) is 2. The van der Waals surface area contributed by atoms with Crippen molar-refractivity contribution in [3.8, 4) is 0 Å². The number of benzene rings is 4. The summed E-state index contributed by atoms with van der Waals surface area (Å²) in [6.45, 7) is 1.31. The molecule has 1 fully saturated rings. The Hall–Kier alpha value is -2.16. The van der Waals surface area contributed by atoms with Gasteiger partial charge in [0.2, 0.25) is 0 Å². The van der Waals surface area contributed by atoms with Crippen molar-refractivity contribution >= 4 is 36.5 Å². The summed E-state index contributed by atoms with van der Waals surface area (Å²) in [4.78, 5) is 0. The molecule has 0 amide bonds. The molecule has 0 spiro atoms. The van der Waals surface area contributed by atoms with E-state index < -0.39 is 0 Å². The van der Waals surface area contributed by atoms with Crippen LogP contribution in [0.2, 0.25) is 10.6 Å². The molecule has 4 aromatic rings. The van der Waals surface area contributed by atoms with Crippen molar-refractivity contribution in [1.82, 2.24) is 0 Å². The van der Waals surface area contributed by atoms with Gasteiger partial charge in [0.25, 0.3) is 0 Å². The van der Waals surface area contributed by atoms with E-state index in [2.05, 4.69) is 84.9 Å². The van der Waals surface area contributed by atoms with Crippen LogP contribution in [0.25, 0.3) is 21.5 Å². The second-order valence-electron chi connectivity index (χ2n) is 7.60. The molecule has 0 unspecified atom stereocenters. The van der Waals surface area contributed by atoms with Crippen LogP contribution in [0.4, 0.5) is 0 Å². The zero-order valence-corrected chi connectivity index (χ0v) is 18.0. The average Bonchev–Trinajstić information content (AvgIpc) is 3.23. The van der Waals surface area contributed by atoms with Crippen LogP contribution in [0.1, 0.15) is 11.1 Å².